The van der Waals surface area contributed by atoms with Gasteiger partial charge in [-0.2, -0.15) is 0 Å². The van der Waals surface area contributed by atoms with Gasteiger partial charge in [-0.05, 0) is 43.5 Å². The zero-order valence-electron chi connectivity index (χ0n) is 21.0. The minimum atomic E-state index is -2.88. The third kappa shape index (κ3) is 4.72. The van der Waals surface area contributed by atoms with E-state index in [2.05, 4.69) is 10.3 Å². The van der Waals surface area contributed by atoms with Gasteiger partial charge in [0.2, 0.25) is 0 Å². The maximum absolute atomic E-state index is 14.8. The average Bonchev–Trinajstić information content (AvgIpc) is 3.59. The van der Waals surface area contributed by atoms with Crippen LogP contribution in [0.1, 0.15) is 55.3 Å². The van der Waals surface area contributed by atoms with E-state index in [-0.39, 0.29) is 11.6 Å². The largest absolute Gasteiger partial charge is 0.378 e. The van der Waals surface area contributed by atoms with Crippen molar-refractivity contribution < 1.29 is 22.7 Å². The Morgan fingerprint density at radius 2 is 1.84 bits per heavy atom. The number of nitrogens with one attached hydrogen (secondary N) is 1. The highest BCUT2D eigenvalue weighted by atomic mass is 19.3. The summed E-state index contributed by atoms with van der Waals surface area (Å²) in [6, 6.07) is 11.2. The molecular weight excluding hydrogens is 481 g/mol. The Morgan fingerprint density at radius 3 is 2.57 bits per heavy atom. The number of halogens is 3. The summed E-state index contributed by atoms with van der Waals surface area (Å²) in [5, 5.41) is 4.09. The monoisotopic (exact) mass is 512 g/mol. The van der Waals surface area contributed by atoms with Gasteiger partial charge in [-0.25, -0.2) is 18.0 Å². The quantitative estimate of drug-likeness (QED) is 0.424. The van der Waals surface area contributed by atoms with Gasteiger partial charge in [-0.1, -0.05) is 24.3 Å². The van der Waals surface area contributed by atoms with Crippen molar-refractivity contribution in [3.05, 3.63) is 71.2 Å². The number of benzene rings is 2. The molecule has 3 heterocycles. The molecule has 0 radical (unpaired) electrons. The SMILES string of the molecule is CO[C@]1(c2ccc3nccc(N[C@H](C)c4cccc(C(F)F)c4F)c3c2)CCN(C(=O)N2CCCC2)C1. The van der Waals surface area contributed by atoms with E-state index in [1.807, 2.05) is 28.0 Å². The summed E-state index contributed by atoms with van der Waals surface area (Å²) in [5.41, 5.74) is 1.27. The molecule has 0 aliphatic carbocycles. The second-order valence-electron chi connectivity index (χ2n) is 9.85. The summed E-state index contributed by atoms with van der Waals surface area (Å²) in [4.78, 5) is 21.2. The van der Waals surface area contributed by atoms with E-state index >= 15 is 0 Å². The van der Waals surface area contributed by atoms with Gasteiger partial charge in [0.05, 0.1) is 23.7 Å². The first-order valence-corrected chi connectivity index (χ1v) is 12.6. The highest BCUT2D eigenvalue weighted by Gasteiger charge is 2.43. The van der Waals surface area contributed by atoms with Crippen molar-refractivity contribution in [1.82, 2.24) is 14.8 Å². The van der Waals surface area contributed by atoms with Crippen LogP contribution in [0.25, 0.3) is 10.9 Å². The number of nitrogens with zero attached hydrogens (tertiary/aromatic N) is 3. The van der Waals surface area contributed by atoms with Crippen LogP contribution in [0.2, 0.25) is 0 Å². The van der Waals surface area contributed by atoms with Crippen LogP contribution in [0.4, 0.5) is 23.7 Å². The van der Waals surface area contributed by atoms with Gasteiger partial charge < -0.3 is 19.9 Å². The number of aromatic nitrogens is 1. The van der Waals surface area contributed by atoms with Crippen molar-refractivity contribution in [1.29, 1.82) is 0 Å². The minimum absolute atomic E-state index is 0.0584. The molecule has 2 atom stereocenters. The van der Waals surface area contributed by atoms with E-state index < -0.39 is 29.4 Å². The second kappa shape index (κ2) is 10.2. The molecule has 0 spiro atoms. The molecule has 2 aromatic carbocycles. The standard InChI is InChI=1S/C28H31F3N4O2/c1-18(20-6-5-7-21(25(20)29)26(30)31)33-24-10-12-32-23-9-8-19(16-22(23)24)28(37-2)11-15-35(17-28)27(36)34-13-3-4-14-34/h5-10,12,16,18,26H,3-4,11,13-15,17H2,1-2H3,(H,32,33)/t18-,28-/m1/s1. The molecule has 1 N–H and O–H groups in total. The lowest BCUT2D eigenvalue weighted by molar-refractivity contribution is -0.00396. The molecule has 0 unspecified atom stereocenters. The number of carbonyl (C=O) groups excluding carboxylic acids is 1. The molecule has 6 nitrogen and oxygen atoms in total. The minimum Gasteiger partial charge on any atom is -0.378 e. The number of alkyl halides is 2. The maximum Gasteiger partial charge on any atom is 0.320 e. The van der Waals surface area contributed by atoms with Gasteiger partial charge in [0.1, 0.15) is 11.4 Å². The predicted octanol–water partition coefficient (Wildman–Crippen LogP) is 6.25. The van der Waals surface area contributed by atoms with Crippen molar-refractivity contribution in [3.8, 4) is 0 Å². The van der Waals surface area contributed by atoms with Crippen molar-refractivity contribution in [2.45, 2.75) is 44.3 Å². The Morgan fingerprint density at radius 1 is 1.08 bits per heavy atom. The van der Waals surface area contributed by atoms with Crippen LogP contribution in [0.15, 0.2) is 48.7 Å². The van der Waals surface area contributed by atoms with Crippen LogP contribution in [0, 0.1) is 5.82 Å². The first-order chi connectivity index (χ1) is 17.8. The van der Waals surface area contributed by atoms with E-state index in [0.717, 1.165) is 48.5 Å². The third-order valence-electron chi connectivity index (χ3n) is 7.67. The van der Waals surface area contributed by atoms with Crippen LogP contribution < -0.4 is 5.32 Å². The molecule has 3 aromatic rings. The summed E-state index contributed by atoms with van der Waals surface area (Å²) in [6.07, 6.45) is 1.51. The lowest BCUT2D eigenvalue weighted by Crippen LogP contribution is -2.42. The van der Waals surface area contributed by atoms with Gasteiger partial charge in [-0.3, -0.25) is 4.98 Å². The van der Waals surface area contributed by atoms with E-state index in [4.69, 9.17) is 4.74 Å². The second-order valence-corrected chi connectivity index (χ2v) is 9.85. The maximum atomic E-state index is 14.8. The number of rotatable bonds is 6. The molecular formula is C28H31F3N4O2. The van der Waals surface area contributed by atoms with Crippen molar-refractivity contribution >= 4 is 22.6 Å². The fourth-order valence-corrected chi connectivity index (χ4v) is 5.51. The van der Waals surface area contributed by atoms with Gasteiger partial charge in [0.25, 0.3) is 6.43 Å². The summed E-state index contributed by atoms with van der Waals surface area (Å²) >= 11 is 0. The molecule has 0 saturated carbocycles. The summed E-state index contributed by atoms with van der Waals surface area (Å²) < 4.78 is 47.3. The molecule has 2 saturated heterocycles. The molecule has 2 fully saturated rings. The molecule has 5 rings (SSSR count). The normalized spacial score (nSPS) is 20.7. The number of carbonyl (C=O) groups is 1. The zero-order chi connectivity index (χ0) is 26.2. The van der Waals surface area contributed by atoms with E-state index in [1.165, 1.54) is 12.1 Å². The number of hydrogen-bond acceptors (Lipinski definition) is 4. The zero-order valence-corrected chi connectivity index (χ0v) is 21.0. The van der Waals surface area contributed by atoms with Gasteiger partial charge in [0, 0.05) is 56.0 Å². The summed E-state index contributed by atoms with van der Waals surface area (Å²) in [7, 11) is 1.66. The molecule has 1 aromatic heterocycles. The first kappa shape index (κ1) is 25.3. The smallest absolute Gasteiger partial charge is 0.320 e. The third-order valence-corrected chi connectivity index (χ3v) is 7.67. The number of anilines is 1. The number of likely N-dealkylation sites (tertiary alicyclic amines) is 2. The Hall–Kier alpha value is -3.33. The molecule has 196 valence electrons. The number of amides is 2. The lowest BCUT2D eigenvalue weighted by atomic mass is 9.91. The number of urea groups is 1. The fraction of sp³-hybridized carbons (Fsp3) is 0.429. The van der Waals surface area contributed by atoms with Gasteiger partial charge in [-0.15, -0.1) is 0 Å². The van der Waals surface area contributed by atoms with Crippen LogP contribution >= 0.6 is 0 Å². The van der Waals surface area contributed by atoms with E-state index in [1.54, 1.807) is 26.3 Å². The topological polar surface area (TPSA) is 57.7 Å². The lowest BCUT2D eigenvalue weighted by Gasteiger charge is -2.30. The first-order valence-electron chi connectivity index (χ1n) is 12.6. The molecule has 0 bridgehead atoms. The van der Waals surface area contributed by atoms with Crippen LogP contribution in [-0.4, -0.2) is 54.1 Å². The Bertz CT molecular complexity index is 1300. The van der Waals surface area contributed by atoms with Gasteiger partial charge >= 0.3 is 6.03 Å². The van der Waals surface area contributed by atoms with Crippen LogP contribution in [-0.2, 0) is 10.3 Å². The van der Waals surface area contributed by atoms with Crippen LogP contribution in [0.3, 0.4) is 0 Å². The molecule has 2 aliphatic rings. The Balaban J connectivity index is 1.44. The van der Waals surface area contributed by atoms with E-state index in [9.17, 15) is 18.0 Å². The Labute approximate surface area is 214 Å². The van der Waals surface area contributed by atoms with Crippen molar-refractivity contribution in [2.75, 3.05) is 38.6 Å². The number of methoxy groups -OCH3 is 1. The van der Waals surface area contributed by atoms with Crippen molar-refractivity contribution in [2.24, 2.45) is 0 Å². The number of pyridine rings is 1. The van der Waals surface area contributed by atoms with E-state index in [0.29, 0.717) is 25.2 Å². The molecule has 2 aliphatic heterocycles. The number of hydrogen-bond donors (Lipinski definition) is 1. The predicted molar refractivity (Wildman–Crippen MR) is 136 cm³/mol. The highest BCUT2D eigenvalue weighted by Crippen LogP contribution is 2.39. The van der Waals surface area contributed by atoms with Gasteiger partial charge in [0.15, 0.2) is 0 Å². The fourth-order valence-electron chi connectivity index (χ4n) is 5.51. The molecule has 9 heteroatoms. The molecule has 37 heavy (non-hydrogen) atoms. The summed E-state index contributed by atoms with van der Waals surface area (Å²) in [5.74, 6) is -0.899. The molecule has 2 amide bonds. The number of fused-ring (bicyclic) bond motifs is 1. The van der Waals surface area contributed by atoms with Crippen molar-refractivity contribution in [3.63, 3.8) is 0 Å². The summed E-state index contributed by atoms with van der Waals surface area (Å²) in [6.45, 7) is 4.39. The number of ether oxygens (including phenoxy) is 1. The Kier molecular flexibility index (Phi) is 6.98. The van der Waals surface area contributed by atoms with Crippen LogP contribution in [0.5, 0.6) is 0 Å². The average molecular weight is 513 g/mol. The highest BCUT2D eigenvalue weighted by molar-refractivity contribution is 5.92.